The van der Waals surface area contributed by atoms with Crippen LogP contribution in [-0.2, 0) is 23.0 Å². The lowest BCUT2D eigenvalue weighted by Crippen LogP contribution is -2.37. The molecule has 136 valence electrons. The molecule has 1 N–H and O–H groups in total. The van der Waals surface area contributed by atoms with E-state index in [9.17, 15) is 4.79 Å². The van der Waals surface area contributed by atoms with E-state index in [1.165, 1.54) is 0 Å². The van der Waals surface area contributed by atoms with Crippen LogP contribution in [0.2, 0.25) is 0 Å². The Balaban J connectivity index is 1.37. The van der Waals surface area contributed by atoms with E-state index in [0.717, 1.165) is 28.8 Å². The van der Waals surface area contributed by atoms with Gasteiger partial charge in [0.05, 0.1) is 11.7 Å². The molecule has 2 atom stereocenters. The van der Waals surface area contributed by atoms with Gasteiger partial charge in [-0.1, -0.05) is 12.1 Å². The minimum atomic E-state index is -0.142. The van der Waals surface area contributed by atoms with Crippen molar-refractivity contribution in [2.24, 2.45) is 7.05 Å². The molecule has 1 amide bonds. The van der Waals surface area contributed by atoms with Crippen molar-refractivity contribution in [1.82, 2.24) is 20.1 Å². The molecule has 1 aliphatic heterocycles. The molecule has 1 aromatic carbocycles. The second kappa shape index (κ2) is 6.92. The summed E-state index contributed by atoms with van der Waals surface area (Å²) in [7, 11) is 1.89. The first-order valence-electron chi connectivity index (χ1n) is 8.86. The first-order chi connectivity index (χ1) is 12.6. The summed E-state index contributed by atoms with van der Waals surface area (Å²) in [5, 5.41) is 7.47. The highest BCUT2D eigenvalue weighted by Gasteiger charge is 2.33. The molecule has 0 aliphatic carbocycles. The van der Waals surface area contributed by atoms with Gasteiger partial charge in [0.2, 0.25) is 5.91 Å². The standard InChI is InChI=1S/C19H22N4O3/c1-12-13(11-23(2)22-12)19-15(9-10-25-19)20-17(24)7-8-18-21-14-5-3-4-6-16(14)26-18/h3-6,11,15,19H,7-10H2,1-2H3,(H,20,24)/t15-,19+/m0/s1. The van der Waals surface area contributed by atoms with Crippen LogP contribution >= 0.6 is 0 Å². The topological polar surface area (TPSA) is 82.2 Å². The maximum absolute atomic E-state index is 12.4. The Morgan fingerprint density at radius 2 is 2.23 bits per heavy atom. The summed E-state index contributed by atoms with van der Waals surface area (Å²) >= 11 is 0. The SMILES string of the molecule is Cc1nn(C)cc1[C@H]1OCC[C@@H]1NC(=O)CCc1nc2ccccc2o1. The smallest absolute Gasteiger partial charge is 0.220 e. The first kappa shape index (κ1) is 16.8. The fraction of sp³-hybridized carbons (Fsp3) is 0.421. The van der Waals surface area contributed by atoms with Gasteiger partial charge in [-0.15, -0.1) is 0 Å². The number of nitrogens with zero attached hydrogens (tertiary/aromatic N) is 3. The molecule has 1 aliphatic rings. The van der Waals surface area contributed by atoms with Gasteiger partial charge >= 0.3 is 0 Å². The predicted molar refractivity (Wildman–Crippen MR) is 95.5 cm³/mol. The summed E-state index contributed by atoms with van der Waals surface area (Å²) in [5.41, 5.74) is 3.54. The van der Waals surface area contributed by atoms with Crippen molar-refractivity contribution < 1.29 is 13.9 Å². The average molecular weight is 354 g/mol. The van der Waals surface area contributed by atoms with Gasteiger partial charge in [0.15, 0.2) is 11.5 Å². The summed E-state index contributed by atoms with van der Waals surface area (Å²) in [5.74, 6) is 0.568. The molecule has 1 saturated heterocycles. The number of nitrogens with one attached hydrogen (secondary N) is 1. The lowest BCUT2D eigenvalue weighted by Gasteiger charge is -2.19. The van der Waals surface area contributed by atoms with Crippen molar-refractivity contribution in [2.45, 2.75) is 38.3 Å². The molecule has 7 nitrogen and oxygen atoms in total. The zero-order valence-electron chi connectivity index (χ0n) is 14.9. The third-order valence-electron chi connectivity index (χ3n) is 4.70. The lowest BCUT2D eigenvalue weighted by atomic mass is 10.0. The van der Waals surface area contributed by atoms with E-state index in [-0.39, 0.29) is 18.1 Å². The summed E-state index contributed by atoms with van der Waals surface area (Å²) in [6, 6.07) is 7.57. The second-order valence-electron chi connectivity index (χ2n) is 6.67. The van der Waals surface area contributed by atoms with Gasteiger partial charge in [-0.25, -0.2) is 4.98 Å². The zero-order chi connectivity index (χ0) is 18.1. The van der Waals surface area contributed by atoms with Crippen molar-refractivity contribution in [3.8, 4) is 0 Å². The van der Waals surface area contributed by atoms with E-state index in [2.05, 4.69) is 15.4 Å². The molecule has 2 aromatic heterocycles. The zero-order valence-corrected chi connectivity index (χ0v) is 14.9. The average Bonchev–Trinajstić information content (AvgIpc) is 3.31. The van der Waals surface area contributed by atoms with Crippen LogP contribution in [0.5, 0.6) is 0 Å². The van der Waals surface area contributed by atoms with Crippen LogP contribution in [0.25, 0.3) is 11.1 Å². The van der Waals surface area contributed by atoms with E-state index in [1.807, 2.05) is 44.4 Å². The number of hydrogen-bond donors (Lipinski definition) is 1. The number of carbonyl (C=O) groups is 1. The summed E-state index contributed by atoms with van der Waals surface area (Å²) in [6.07, 6.45) is 3.43. The van der Waals surface area contributed by atoms with Crippen molar-refractivity contribution in [3.63, 3.8) is 0 Å². The number of fused-ring (bicyclic) bond motifs is 1. The molecule has 0 spiro atoms. The highest BCUT2D eigenvalue weighted by Crippen LogP contribution is 2.30. The van der Waals surface area contributed by atoms with Crippen LogP contribution in [0.4, 0.5) is 0 Å². The second-order valence-corrected chi connectivity index (χ2v) is 6.67. The number of aromatic nitrogens is 3. The van der Waals surface area contributed by atoms with Crippen LogP contribution in [0.15, 0.2) is 34.9 Å². The Hall–Kier alpha value is -2.67. The molecular weight excluding hydrogens is 332 g/mol. The first-order valence-corrected chi connectivity index (χ1v) is 8.86. The fourth-order valence-corrected chi connectivity index (χ4v) is 3.47. The maximum atomic E-state index is 12.4. The summed E-state index contributed by atoms with van der Waals surface area (Å²) in [4.78, 5) is 16.8. The molecule has 0 saturated carbocycles. The molecule has 3 heterocycles. The van der Waals surface area contributed by atoms with Gasteiger partial charge < -0.3 is 14.5 Å². The number of ether oxygens (including phenoxy) is 1. The summed E-state index contributed by atoms with van der Waals surface area (Å²) < 4.78 is 13.3. The number of rotatable bonds is 5. The molecular formula is C19H22N4O3. The monoisotopic (exact) mass is 354 g/mol. The number of amides is 1. The third-order valence-corrected chi connectivity index (χ3v) is 4.70. The molecule has 0 bridgehead atoms. The number of oxazole rings is 1. The van der Waals surface area contributed by atoms with Crippen molar-refractivity contribution >= 4 is 17.0 Å². The minimum absolute atomic E-state index is 0.0192. The van der Waals surface area contributed by atoms with E-state index < -0.39 is 0 Å². The van der Waals surface area contributed by atoms with Crippen LogP contribution in [0.1, 0.15) is 36.1 Å². The number of hydrogen-bond acceptors (Lipinski definition) is 5. The van der Waals surface area contributed by atoms with Crippen LogP contribution < -0.4 is 5.32 Å². The Bertz CT molecular complexity index is 897. The van der Waals surface area contributed by atoms with E-state index in [4.69, 9.17) is 9.15 Å². The Morgan fingerprint density at radius 3 is 3.00 bits per heavy atom. The van der Waals surface area contributed by atoms with Gasteiger partial charge in [0, 0.05) is 38.3 Å². The van der Waals surface area contributed by atoms with Gasteiger partial charge in [0.25, 0.3) is 0 Å². The highest BCUT2D eigenvalue weighted by atomic mass is 16.5. The number of benzene rings is 1. The fourth-order valence-electron chi connectivity index (χ4n) is 3.47. The number of carbonyl (C=O) groups excluding carboxylic acids is 1. The van der Waals surface area contributed by atoms with Gasteiger partial charge in [-0.2, -0.15) is 5.10 Å². The number of para-hydroxylation sites is 2. The Kier molecular flexibility index (Phi) is 4.46. The highest BCUT2D eigenvalue weighted by molar-refractivity contribution is 5.77. The third kappa shape index (κ3) is 3.35. The van der Waals surface area contributed by atoms with E-state index in [1.54, 1.807) is 4.68 Å². The molecule has 0 radical (unpaired) electrons. The van der Waals surface area contributed by atoms with E-state index >= 15 is 0 Å². The molecule has 3 aromatic rings. The largest absolute Gasteiger partial charge is 0.441 e. The molecule has 26 heavy (non-hydrogen) atoms. The quantitative estimate of drug-likeness (QED) is 0.761. The Morgan fingerprint density at radius 1 is 1.38 bits per heavy atom. The van der Waals surface area contributed by atoms with Gasteiger partial charge in [0.1, 0.15) is 11.6 Å². The van der Waals surface area contributed by atoms with Gasteiger partial charge in [-0.3, -0.25) is 9.48 Å². The predicted octanol–water partition coefficient (Wildman–Crippen LogP) is 2.45. The maximum Gasteiger partial charge on any atom is 0.220 e. The van der Waals surface area contributed by atoms with Crippen molar-refractivity contribution in [2.75, 3.05) is 6.61 Å². The van der Waals surface area contributed by atoms with Crippen LogP contribution in [0.3, 0.4) is 0 Å². The Labute approximate surface area is 151 Å². The summed E-state index contributed by atoms with van der Waals surface area (Å²) in [6.45, 7) is 2.60. The molecule has 7 heteroatoms. The van der Waals surface area contributed by atoms with Crippen molar-refractivity contribution in [3.05, 3.63) is 47.6 Å². The lowest BCUT2D eigenvalue weighted by molar-refractivity contribution is -0.122. The molecule has 4 rings (SSSR count). The number of aryl methyl sites for hydroxylation is 3. The van der Waals surface area contributed by atoms with E-state index in [0.29, 0.717) is 25.3 Å². The van der Waals surface area contributed by atoms with Crippen LogP contribution in [0, 0.1) is 6.92 Å². The van der Waals surface area contributed by atoms with Gasteiger partial charge in [-0.05, 0) is 25.5 Å². The normalized spacial score (nSPS) is 19.9. The molecule has 1 fully saturated rings. The minimum Gasteiger partial charge on any atom is -0.441 e. The van der Waals surface area contributed by atoms with Crippen molar-refractivity contribution in [1.29, 1.82) is 0 Å². The molecule has 0 unspecified atom stereocenters. The van der Waals surface area contributed by atoms with Crippen LogP contribution in [-0.4, -0.2) is 33.3 Å².